The third-order valence-corrected chi connectivity index (χ3v) is 12.8. The maximum atomic E-state index is 12.7. The quantitative estimate of drug-likeness (QED) is 0.0264. The average molecular weight is 1040 g/mol. The SMILES string of the molecule is CC/C=C\C/C=C\C/C=C\C/C=C\C/C=C\CCCCCCCCCCCCCC(=O)OC(COC(=O)CCCCCCCCCCC/C=C\C/C=C\C/C=C\C/C=C\C/C=C\CC)COP(=O)(O)OCCN. The molecule has 416 valence electrons. The highest BCUT2D eigenvalue weighted by Gasteiger charge is 2.26. The molecule has 0 aliphatic carbocycles. The van der Waals surface area contributed by atoms with Gasteiger partial charge in [-0.3, -0.25) is 18.6 Å². The number of hydrogen-bond donors (Lipinski definition) is 2. The van der Waals surface area contributed by atoms with Gasteiger partial charge in [0.05, 0.1) is 13.2 Å². The number of esters is 2. The fourth-order valence-corrected chi connectivity index (χ4v) is 8.40. The number of nitrogens with two attached hydrogens (primary N) is 1. The Bertz CT molecular complexity index is 1600. The van der Waals surface area contributed by atoms with Crippen molar-refractivity contribution < 1.29 is 37.6 Å². The smallest absolute Gasteiger partial charge is 0.462 e. The second kappa shape index (κ2) is 57.7. The van der Waals surface area contributed by atoms with Gasteiger partial charge in [-0.05, 0) is 103 Å². The van der Waals surface area contributed by atoms with Gasteiger partial charge in [-0.2, -0.15) is 0 Å². The van der Waals surface area contributed by atoms with Crippen molar-refractivity contribution in [3.8, 4) is 0 Å². The van der Waals surface area contributed by atoms with Gasteiger partial charge in [-0.15, -0.1) is 0 Å². The van der Waals surface area contributed by atoms with Gasteiger partial charge in [0, 0.05) is 19.4 Å². The minimum Gasteiger partial charge on any atom is -0.462 e. The third-order valence-electron chi connectivity index (χ3n) is 11.8. The molecule has 0 radical (unpaired) electrons. The monoisotopic (exact) mass is 1040 g/mol. The lowest BCUT2D eigenvalue weighted by molar-refractivity contribution is -0.161. The number of carbonyl (C=O) groups is 2. The standard InChI is InChI=1S/C63H106NO8P/c1-3-5-7-9-11-13-15-17-19-21-23-25-27-29-30-32-34-36-38-40-42-44-46-48-50-52-54-56-63(66)72-61(60-71-73(67,68)70-58-57-64)59-69-62(65)55-53-51-49-47-45-43-41-39-37-35-33-31-28-26-24-22-20-18-16-14-12-10-8-6-4-2/h5-8,11-14,17-20,23-26,29-31,33,61H,3-4,9-10,15-16,21-22,27-28,32,34-60,64H2,1-2H3,(H,67,68)/b7-5-,8-6-,13-11-,14-12-,19-17-,20-18-,25-23-,26-24-,30-29-,33-31-. The molecule has 0 amide bonds. The summed E-state index contributed by atoms with van der Waals surface area (Å²) in [5.74, 6) is -0.843. The minimum absolute atomic E-state index is 0.0460. The maximum Gasteiger partial charge on any atom is 0.472 e. The second-order valence-electron chi connectivity index (χ2n) is 18.7. The van der Waals surface area contributed by atoms with E-state index >= 15 is 0 Å². The molecule has 0 saturated carbocycles. The van der Waals surface area contributed by atoms with E-state index in [2.05, 4.69) is 135 Å². The molecule has 73 heavy (non-hydrogen) atoms. The van der Waals surface area contributed by atoms with Crippen LogP contribution in [0.4, 0.5) is 0 Å². The number of phosphoric ester groups is 1. The van der Waals surface area contributed by atoms with Crippen LogP contribution in [0.5, 0.6) is 0 Å². The predicted molar refractivity (Wildman–Crippen MR) is 311 cm³/mol. The molecule has 0 aromatic heterocycles. The van der Waals surface area contributed by atoms with Gasteiger partial charge < -0.3 is 20.1 Å². The van der Waals surface area contributed by atoms with E-state index in [1.54, 1.807) is 0 Å². The van der Waals surface area contributed by atoms with E-state index in [0.717, 1.165) is 122 Å². The summed E-state index contributed by atoms with van der Waals surface area (Å²) in [6.45, 7) is 3.50. The summed E-state index contributed by atoms with van der Waals surface area (Å²) in [4.78, 5) is 35.2. The first-order valence-corrected chi connectivity index (χ1v) is 30.5. The summed E-state index contributed by atoms with van der Waals surface area (Å²) in [6.07, 6.45) is 79.6. The Labute approximate surface area is 447 Å². The Morgan fingerprint density at radius 3 is 1.05 bits per heavy atom. The summed E-state index contributed by atoms with van der Waals surface area (Å²) in [6, 6.07) is 0. The maximum absolute atomic E-state index is 12.7. The number of phosphoric acid groups is 1. The Hall–Kier alpha value is -3.59. The third kappa shape index (κ3) is 57.5. The van der Waals surface area contributed by atoms with Crippen LogP contribution in [0.25, 0.3) is 0 Å². The summed E-state index contributed by atoms with van der Waals surface area (Å²) >= 11 is 0. The second-order valence-corrected chi connectivity index (χ2v) is 20.2. The highest BCUT2D eigenvalue weighted by Crippen LogP contribution is 2.43. The van der Waals surface area contributed by atoms with Gasteiger partial charge in [-0.25, -0.2) is 4.57 Å². The number of rotatable bonds is 53. The average Bonchev–Trinajstić information content (AvgIpc) is 3.38. The van der Waals surface area contributed by atoms with Crippen molar-refractivity contribution in [2.45, 2.75) is 238 Å². The van der Waals surface area contributed by atoms with Crippen LogP contribution in [0.15, 0.2) is 122 Å². The van der Waals surface area contributed by atoms with E-state index in [1.165, 1.54) is 77.0 Å². The molecule has 0 aliphatic rings. The van der Waals surface area contributed by atoms with Gasteiger partial charge >= 0.3 is 19.8 Å². The lowest BCUT2D eigenvalue weighted by atomic mass is 10.0. The normalized spacial score (nSPS) is 14.0. The first-order chi connectivity index (χ1) is 35.8. The Balaban J connectivity index is 4.03. The highest BCUT2D eigenvalue weighted by molar-refractivity contribution is 7.47. The zero-order valence-electron chi connectivity index (χ0n) is 46.3. The lowest BCUT2D eigenvalue weighted by Crippen LogP contribution is -2.29. The van der Waals surface area contributed by atoms with E-state index in [0.29, 0.717) is 6.42 Å². The Morgan fingerprint density at radius 1 is 0.411 bits per heavy atom. The van der Waals surface area contributed by atoms with Crippen molar-refractivity contribution in [3.63, 3.8) is 0 Å². The zero-order valence-corrected chi connectivity index (χ0v) is 47.2. The molecule has 2 unspecified atom stereocenters. The van der Waals surface area contributed by atoms with E-state index in [9.17, 15) is 19.0 Å². The topological polar surface area (TPSA) is 134 Å². The first-order valence-electron chi connectivity index (χ1n) is 29.0. The fourth-order valence-electron chi connectivity index (χ4n) is 7.63. The minimum atomic E-state index is -4.40. The molecule has 0 rings (SSSR count). The van der Waals surface area contributed by atoms with Crippen molar-refractivity contribution in [3.05, 3.63) is 122 Å². The number of carbonyl (C=O) groups excluding carboxylic acids is 2. The largest absolute Gasteiger partial charge is 0.472 e. The zero-order chi connectivity index (χ0) is 53.1. The van der Waals surface area contributed by atoms with E-state index in [1.807, 2.05) is 0 Å². The van der Waals surface area contributed by atoms with Crippen LogP contribution in [0.1, 0.15) is 232 Å². The molecule has 0 aliphatic heterocycles. The number of allylic oxidation sites excluding steroid dienone is 20. The number of ether oxygens (including phenoxy) is 2. The molecular formula is C63H106NO8P. The molecule has 3 N–H and O–H groups in total. The predicted octanol–water partition coefficient (Wildman–Crippen LogP) is 18.4. The van der Waals surface area contributed by atoms with Crippen molar-refractivity contribution in [2.75, 3.05) is 26.4 Å². The summed E-state index contributed by atoms with van der Waals surface area (Å²) in [7, 11) is -4.40. The van der Waals surface area contributed by atoms with Gasteiger partial charge in [0.25, 0.3) is 0 Å². The van der Waals surface area contributed by atoms with Crippen molar-refractivity contribution in [1.29, 1.82) is 0 Å². The van der Waals surface area contributed by atoms with Crippen molar-refractivity contribution in [2.24, 2.45) is 5.73 Å². The van der Waals surface area contributed by atoms with Crippen LogP contribution in [0, 0.1) is 0 Å². The molecule has 0 saturated heterocycles. The molecule has 0 bridgehead atoms. The lowest BCUT2D eigenvalue weighted by Gasteiger charge is -2.19. The highest BCUT2D eigenvalue weighted by atomic mass is 31.2. The first kappa shape index (κ1) is 69.4. The van der Waals surface area contributed by atoms with Crippen LogP contribution >= 0.6 is 7.82 Å². The van der Waals surface area contributed by atoms with E-state index in [4.69, 9.17) is 24.3 Å². The van der Waals surface area contributed by atoms with E-state index in [-0.39, 0.29) is 32.6 Å². The molecule has 0 fully saturated rings. The van der Waals surface area contributed by atoms with Crippen molar-refractivity contribution >= 4 is 19.8 Å². The van der Waals surface area contributed by atoms with E-state index < -0.39 is 32.5 Å². The van der Waals surface area contributed by atoms with Gasteiger partial charge in [0.2, 0.25) is 0 Å². The fraction of sp³-hybridized carbons (Fsp3) is 0.651. The number of unbranched alkanes of at least 4 members (excludes halogenated alkanes) is 20. The van der Waals surface area contributed by atoms with Gasteiger partial charge in [0.15, 0.2) is 6.10 Å². The van der Waals surface area contributed by atoms with Crippen LogP contribution in [0.3, 0.4) is 0 Å². The van der Waals surface area contributed by atoms with Crippen LogP contribution in [-0.4, -0.2) is 49.3 Å². The molecule has 0 aromatic carbocycles. The molecule has 0 spiro atoms. The summed E-state index contributed by atoms with van der Waals surface area (Å²) in [5.41, 5.74) is 5.38. The van der Waals surface area contributed by atoms with Crippen molar-refractivity contribution in [1.82, 2.24) is 0 Å². The molecule has 0 heterocycles. The molecule has 0 aromatic rings. The van der Waals surface area contributed by atoms with Crippen LogP contribution in [0.2, 0.25) is 0 Å². The molecule has 10 heteroatoms. The van der Waals surface area contributed by atoms with Gasteiger partial charge in [-0.1, -0.05) is 238 Å². The molecule has 9 nitrogen and oxygen atoms in total. The van der Waals surface area contributed by atoms with Gasteiger partial charge in [0.1, 0.15) is 6.61 Å². The Kier molecular flexibility index (Phi) is 54.8. The van der Waals surface area contributed by atoms with Crippen LogP contribution < -0.4 is 5.73 Å². The Morgan fingerprint density at radius 2 is 0.712 bits per heavy atom. The number of hydrogen-bond acceptors (Lipinski definition) is 8. The van der Waals surface area contributed by atoms with Crippen LogP contribution in [-0.2, 0) is 32.7 Å². The molecular weight excluding hydrogens is 930 g/mol. The molecule has 2 atom stereocenters. The summed E-state index contributed by atoms with van der Waals surface area (Å²) < 4.78 is 33.0. The summed E-state index contributed by atoms with van der Waals surface area (Å²) in [5, 5.41) is 0.